The van der Waals surface area contributed by atoms with Gasteiger partial charge in [-0.2, -0.15) is 0 Å². The number of anilines is 1. The lowest BCUT2D eigenvalue weighted by atomic mass is 10.2. The first-order valence-electron chi connectivity index (χ1n) is 5.47. The Balaban J connectivity index is 2.81. The molecular formula is C12H17ClN2O3. The molecule has 0 fully saturated rings. The zero-order valence-electron chi connectivity index (χ0n) is 10.7. The highest BCUT2D eigenvalue weighted by atomic mass is 35.5. The number of hydrogen-bond acceptors (Lipinski definition) is 3. The topological polar surface area (TPSA) is 61.8 Å². The predicted molar refractivity (Wildman–Crippen MR) is 71.9 cm³/mol. The van der Waals surface area contributed by atoms with Crippen molar-refractivity contribution in [2.75, 3.05) is 32.6 Å². The second kappa shape index (κ2) is 6.47. The Hall–Kier alpha value is -1.46. The molecule has 1 aromatic carbocycles. The fraction of sp³-hybridized carbons (Fsp3) is 0.417. The predicted octanol–water partition coefficient (Wildman–Crippen LogP) is 2.68. The summed E-state index contributed by atoms with van der Waals surface area (Å²) in [4.78, 5) is 12.6. The Bertz CT molecular complexity index is 436. The summed E-state index contributed by atoms with van der Waals surface area (Å²) in [7, 11) is 3.90. The third-order valence-electron chi connectivity index (χ3n) is 2.34. The summed E-state index contributed by atoms with van der Waals surface area (Å²) in [6.45, 7) is 3.12. The van der Waals surface area contributed by atoms with Crippen molar-refractivity contribution in [2.24, 2.45) is 0 Å². The van der Waals surface area contributed by atoms with Crippen LogP contribution in [0.3, 0.4) is 0 Å². The van der Waals surface area contributed by atoms with E-state index in [-0.39, 0.29) is 0 Å². The molecule has 5 nitrogen and oxygen atoms in total. The number of amides is 1. The van der Waals surface area contributed by atoms with Gasteiger partial charge in [-0.3, -0.25) is 5.32 Å². The smallest absolute Gasteiger partial charge is 0.409 e. The minimum atomic E-state index is -1.13. The number of hydrogen-bond donors (Lipinski definition) is 2. The Morgan fingerprint density at radius 1 is 1.50 bits per heavy atom. The second-order valence-electron chi connectivity index (χ2n) is 4.16. The number of likely N-dealkylation sites (N-methyl/N-ethyl adjacent to an activating group) is 1. The number of nitrogens with zero attached hydrogens (tertiary/aromatic N) is 1. The van der Waals surface area contributed by atoms with Gasteiger partial charge in [0.05, 0.1) is 0 Å². The fourth-order valence-electron chi connectivity index (χ4n) is 1.34. The van der Waals surface area contributed by atoms with Gasteiger partial charge < -0.3 is 14.7 Å². The van der Waals surface area contributed by atoms with Crippen molar-refractivity contribution in [3.8, 4) is 5.75 Å². The van der Waals surface area contributed by atoms with Crippen LogP contribution >= 0.6 is 11.6 Å². The van der Waals surface area contributed by atoms with Crippen molar-refractivity contribution in [1.29, 1.82) is 0 Å². The van der Waals surface area contributed by atoms with Gasteiger partial charge >= 0.3 is 6.09 Å². The van der Waals surface area contributed by atoms with Crippen LogP contribution < -0.4 is 10.1 Å². The molecule has 0 radical (unpaired) electrons. The van der Waals surface area contributed by atoms with Crippen LogP contribution in [0.5, 0.6) is 5.75 Å². The van der Waals surface area contributed by atoms with Crippen LogP contribution in [-0.2, 0) is 0 Å². The van der Waals surface area contributed by atoms with Crippen LogP contribution in [0.2, 0.25) is 5.02 Å². The van der Waals surface area contributed by atoms with Gasteiger partial charge in [-0.25, -0.2) is 4.79 Å². The number of rotatable bonds is 5. The van der Waals surface area contributed by atoms with Crippen molar-refractivity contribution in [3.05, 3.63) is 22.7 Å². The highest BCUT2D eigenvalue weighted by Crippen LogP contribution is 2.30. The molecule has 0 aliphatic heterocycles. The lowest BCUT2D eigenvalue weighted by molar-refractivity contribution is 0.209. The van der Waals surface area contributed by atoms with E-state index in [9.17, 15) is 4.79 Å². The van der Waals surface area contributed by atoms with Gasteiger partial charge in [0, 0.05) is 28.9 Å². The molecule has 2 N–H and O–H groups in total. The van der Waals surface area contributed by atoms with Crippen molar-refractivity contribution in [1.82, 2.24) is 4.90 Å². The van der Waals surface area contributed by atoms with Gasteiger partial charge in [0.1, 0.15) is 12.4 Å². The number of ether oxygens (including phenoxy) is 1. The van der Waals surface area contributed by atoms with Crippen LogP contribution in [-0.4, -0.2) is 43.3 Å². The molecule has 0 saturated carbocycles. The molecule has 0 atom stereocenters. The zero-order valence-corrected chi connectivity index (χ0v) is 11.4. The standard InChI is InChI=1S/C12H17ClN2O3/c1-8-10(13)6-9(14-12(16)17)7-11(8)18-5-4-15(2)3/h6-7,14H,4-5H2,1-3H3,(H,16,17). The SMILES string of the molecule is Cc1c(Cl)cc(NC(=O)O)cc1OCCN(C)C. The van der Waals surface area contributed by atoms with E-state index in [1.165, 1.54) is 0 Å². The maximum Gasteiger partial charge on any atom is 0.409 e. The number of halogens is 1. The molecule has 0 aromatic heterocycles. The van der Waals surface area contributed by atoms with E-state index in [0.717, 1.165) is 12.1 Å². The maximum absolute atomic E-state index is 10.6. The van der Waals surface area contributed by atoms with E-state index in [1.54, 1.807) is 12.1 Å². The summed E-state index contributed by atoms with van der Waals surface area (Å²) in [5, 5.41) is 11.4. The lowest BCUT2D eigenvalue weighted by Crippen LogP contribution is -2.19. The van der Waals surface area contributed by atoms with E-state index < -0.39 is 6.09 Å². The first kappa shape index (κ1) is 14.6. The first-order valence-corrected chi connectivity index (χ1v) is 5.85. The summed E-state index contributed by atoms with van der Waals surface area (Å²) in [5.41, 5.74) is 1.20. The van der Waals surface area contributed by atoms with E-state index in [4.69, 9.17) is 21.4 Å². The Morgan fingerprint density at radius 3 is 2.72 bits per heavy atom. The fourth-order valence-corrected chi connectivity index (χ4v) is 1.55. The minimum Gasteiger partial charge on any atom is -0.492 e. The van der Waals surface area contributed by atoms with E-state index in [0.29, 0.717) is 23.1 Å². The zero-order chi connectivity index (χ0) is 13.7. The number of carboxylic acid groups (broad SMARTS) is 1. The molecule has 1 amide bonds. The molecule has 0 aliphatic rings. The molecule has 0 unspecified atom stereocenters. The van der Waals surface area contributed by atoms with Crippen molar-refractivity contribution >= 4 is 23.4 Å². The highest BCUT2D eigenvalue weighted by molar-refractivity contribution is 6.31. The number of benzene rings is 1. The molecule has 100 valence electrons. The molecule has 1 aromatic rings. The monoisotopic (exact) mass is 272 g/mol. The molecule has 0 heterocycles. The van der Waals surface area contributed by atoms with Crippen LogP contribution in [0.1, 0.15) is 5.56 Å². The largest absolute Gasteiger partial charge is 0.492 e. The van der Waals surface area contributed by atoms with Gasteiger partial charge in [0.15, 0.2) is 0 Å². The average Bonchev–Trinajstić information content (AvgIpc) is 2.23. The summed E-state index contributed by atoms with van der Waals surface area (Å²) >= 11 is 6.02. The molecule has 0 bridgehead atoms. The molecule has 18 heavy (non-hydrogen) atoms. The van der Waals surface area contributed by atoms with E-state index in [2.05, 4.69) is 5.32 Å². The van der Waals surface area contributed by atoms with Crippen LogP contribution in [0, 0.1) is 6.92 Å². The van der Waals surface area contributed by atoms with E-state index >= 15 is 0 Å². The van der Waals surface area contributed by atoms with Crippen LogP contribution in [0.15, 0.2) is 12.1 Å². The van der Waals surface area contributed by atoms with Gasteiger partial charge in [-0.1, -0.05) is 11.6 Å². The normalized spacial score (nSPS) is 10.5. The minimum absolute atomic E-state index is 0.401. The molecule has 0 saturated heterocycles. The third-order valence-corrected chi connectivity index (χ3v) is 2.74. The lowest BCUT2D eigenvalue weighted by Gasteiger charge is -2.14. The molecule has 0 aliphatic carbocycles. The molecule has 1 rings (SSSR count). The van der Waals surface area contributed by atoms with Crippen molar-refractivity contribution in [3.63, 3.8) is 0 Å². The quantitative estimate of drug-likeness (QED) is 0.865. The Morgan fingerprint density at radius 2 is 2.17 bits per heavy atom. The van der Waals surface area contributed by atoms with Gasteiger partial charge in [0.2, 0.25) is 0 Å². The number of carbonyl (C=O) groups is 1. The van der Waals surface area contributed by atoms with Crippen LogP contribution in [0.25, 0.3) is 0 Å². The Kier molecular flexibility index (Phi) is 5.25. The van der Waals surface area contributed by atoms with Gasteiger partial charge in [-0.15, -0.1) is 0 Å². The molecule has 0 spiro atoms. The van der Waals surface area contributed by atoms with Crippen molar-refractivity contribution in [2.45, 2.75) is 6.92 Å². The van der Waals surface area contributed by atoms with Crippen LogP contribution in [0.4, 0.5) is 10.5 Å². The van der Waals surface area contributed by atoms with Gasteiger partial charge in [-0.05, 0) is 27.1 Å². The second-order valence-corrected chi connectivity index (χ2v) is 4.57. The summed E-state index contributed by atoms with van der Waals surface area (Å²) in [6.07, 6.45) is -1.13. The maximum atomic E-state index is 10.6. The number of nitrogens with one attached hydrogen (secondary N) is 1. The Labute approximate surface area is 111 Å². The van der Waals surface area contributed by atoms with E-state index in [1.807, 2.05) is 25.9 Å². The average molecular weight is 273 g/mol. The third kappa shape index (κ3) is 4.43. The molecule has 6 heteroatoms. The summed E-state index contributed by atoms with van der Waals surface area (Å²) in [6, 6.07) is 3.19. The van der Waals surface area contributed by atoms with Gasteiger partial charge in [0.25, 0.3) is 0 Å². The highest BCUT2D eigenvalue weighted by Gasteiger charge is 2.08. The summed E-state index contributed by atoms with van der Waals surface area (Å²) < 4.78 is 5.59. The molecular weight excluding hydrogens is 256 g/mol. The van der Waals surface area contributed by atoms with Crippen molar-refractivity contribution < 1.29 is 14.6 Å². The first-order chi connectivity index (χ1) is 8.40. The summed E-state index contributed by atoms with van der Waals surface area (Å²) in [5.74, 6) is 0.591.